The van der Waals surface area contributed by atoms with Crippen molar-refractivity contribution in [1.82, 2.24) is 3.26 Å². The van der Waals surface area contributed by atoms with Crippen LogP contribution in [0.3, 0.4) is 0 Å². The van der Waals surface area contributed by atoms with Crippen LogP contribution < -0.4 is 28.1 Å². The van der Waals surface area contributed by atoms with Crippen molar-refractivity contribution < 1.29 is 50.8 Å². The molecule has 0 atom stereocenters. The Morgan fingerprint density at radius 3 is 1.96 bits per heavy atom. The van der Waals surface area contributed by atoms with Crippen molar-refractivity contribution in [2.24, 2.45) is 0 Å². The zero-order valence-corrected chi connectivity index (χ0v) is 20.7. The number of hydrogen-bond acceptors (Lipinski definition) is 1. The molecule has 0 bridgehead atoms. The number of hydrogen-bond donors (Lipinski definition) is 1. The molecule has 0 saturated heterocycles. The monoisotopic (exact) mass is 484 g/mol. The van der Waals surface area contributed by atoms with E-state index in [0.29, 0.717) is 16.0 Å². The molecule has 2 nitrogen and oxygen atoms in total. The summed E-state index contributed by atoms with van der Waals surface area (Å²) in [6, 6.07) is 17.6. The molecule has 2 aromatic carbocycles. The number of unbranched alkanes of at least 4 members (excludes halogenated alkanes) is 1. The van der Waals surface area contributed by atoms with Gasteiger partial charge < -0.3 is 24.8 Å². The van der Waals surface area contributed by atoms with Gasteiger partial charge in [0.2, 0.25) is 0 Å². The van der Waals surface area contributed by atoms with E-state index in [2.05, 4.69) is 71.8 Å². The fraction of sp³-hybridized carbons (Fsp3) is 0.350. The van der Waals surface area contributed by atoms with Crippen LogP contribution in [0.25, 0.3) is 11.1 Å². The Hall–Kier alpha value is -0.410. The molecule has 1 aliphatic rings. The maximum atomic E-state index is 12.5. The molecular weight excluding hydrogens is 460 g/mol. The maximum absolute atomic E-state index is 12.5. The number of fused-ring (bicyclic) bond motifs is 3. The van der Waals surface area contributed by atoms with Gasteiger partial charge in [-0.25, -0.2) is 0 Å². The van der Waals surface area contributed by atoms with Crippen molar-refractivity contribution in [1.29, 1.82) is 0 Å². The minimum Gasteiger partial charge on any atom is -1.00 e. The van der Waals surface area contributed by atoms with Crippen LogP contribution in [0.1, 0.15) is 40.9 Å². The van der Waals surface area contributed by atoms with Crippen LogP contribution >= 0.6 is 0 Å². The third-order valence-corrected chi connectivity index (χ3v) is 22.5. The van der Waals surface area contributed by atoms with Gasteiger partial charge in [0, 0.05) is 0 Å². The Labute approximate surface area is 178 Å². The molecule has 0 aromatic heterocycles. The van der Waals surface area contributed by atoms with E-state index in [1.807, 2.05) is 0 Å². The number of amides is 1. The first kappa shape index (κ1) is 23.6. The molecule has 0 aliphatic heterocycles. The Balaban J connectivity index is 0.00000169. The fourth-order valence-electron chi connectivity index (χ4n) is 3.60. The molecule has 6 heteroatoms. The van der Waals surface area contributed by atoms with Gasteiger partial charge in [-0.1, -0.05) is 0 Å². The average Bonchev–Trinajstić information content (AvgIpc) is 2.92. The van der Waals surface area contributed by atoms with Crippen LogP contribution in [0.15, 0.2) is 48.5 Å². The van der Waals surface area contributed by atoms with Crippen LogP contribution in [0.4, 0.5) is 0 Å². The summed E-state index contributed by atoms with van der Waals surface area (Å²) in [4.78, 5) is 12.5. The van der Waals surface area contributed by atoms with Crippen LogP contribution in [-0.4, -0.2) is 11.8 Å². The van der Waals surface area contributed by atoms with E-state index < -0.39 is 27.1 Å². The molecule has 0 fully saturated rings. The van der Waals surface area contributed by atoms with Crippen molar-refractivity contribution in [3.63, 3.8) is 0 Å². The summed E-state index contributed by atoms with van der Waals surface area (Å²) in [6.45, 7) is 7.00. The molecule has 0 radical (unpaired) electrons. The van der Waals surface area contributed by atoms with Gasteiger partial charge in [-0.2, -0.15) is 0 Å². The molecule has 0 heterocycles. The minimum absolute atomic E-state index is 0. The zero-order valence-electron chi connectivity index (χ0n) is 15.6. The molecule has 3 rings (SSSR count). The number of carbonyl (C=O) groups excluding carboxylic acids is 1. The Bertz CT molecular complexity index is 696. The first-order chi connectivity index (χ1) is 11.6. The second kappa shape index (κ2) is 10.8. The molecule has 0 unspecified atom stereocenters. The van der Waals surface area contributed by atoms with E-state index in [4.69, 9.17) is 0 Å². The molecule has 0 saturated carbocycles. The van der Waals surface area contributed by atoms with Crippen LogP contribution in [0, 0.1) is 0 Å². The van der Waals surface area contributed by atoms with Crippen molar-refractivity contribution >= 4 is 11.8 Å². The topological polar surface area (TPSA) is 29.1 Å². The number of halogens is 2. The molecular formula is C20H26Cl2NOSiZr. The SMILES string of the molecule is CCCCC(=O)[NH][Zr+2]([CH]1c2ccccc2-c2ccccc21)[SiH](C)C.[Cl-].[Cl-]. The molecule has 1 amide bonds. The van der Waals surface area contributed by atoms with Gasteiger partial charge in [-0.15, -0.1) is 0 Å². The smallest absolute Gasteiger partial charge is 1.00 e. The molecule has 26 heavy (non-hydrogen) atoms. The standard InChI is InChI=1S/C13H9.C5H11NO.C2H7Si.2ClH.Zr/c1-3-7-12-10(5-1)9-11-6-2-4-8-13(11)12;1-2-3-4-5(6)7;1-3-2;;;/h1-9H;2-4H2,1H3,(H2,6,7);3H,1-2H3;2*1H;/q;;;;;+3/p-3. The van der Waals surface area contributed by atoms with Crippen molar-refractivity contribution in [3.05, 3.63) is 59.7 Å². The average molecular weight is 487 g/mol. The van der Waals surface area contributed by atoms with Gasteiger partial charge in [0.05, 0.1) is 0 Å². The Kier molecular flexibility index (Phi) is 9.82. The number of nitrogens with one attached hydrogen (secondary N) is 1. The predicted octanol–water partition coefficient (Wildman–Crippen LogP) is -1.41. The number of benzene rings is 2. The summed E-state index contributed by atoms with van der Waals surface area (Å²) in [5.41, 5.74) is 5.69. The largest absolute Gasteiger partial charge is 1.00 e. The minimum atomic E-state index is -2.08. The van der Waals surface area contributed by atoms with Crippen molar-refractivity contribution in [3.8, 4) is 11.1 Å². The number of rotatable bonds is 6. The van der Waals surface area contributed by atoms with E-state index in [1.54, 1.807) is 0 Å². The van der Waals surface area contributed by atoms with Crippen LogP contribution in [-0.2, 0) is 26.0 Å². The molecule has 1 aliphatic carbocycles. The second-order valence-electron chi connectivity index (χ2n) is 6.87. The van der Waals surface area contributed by atoms with Crippen molar-refractivity contribution in [2.45, 2.75) is 42.9 Å². The normalized spacial score (nSPS) is 11.8. The van der Waals surface area contributed by atoms with Gasteiger partial charge in [0.25, 0.3) is 0 Å². The van der Waals surface area contributed by atoms with E-state index in [0.717, 1.165) is 12.8 Å². The molecule has 0 spiro atoms. The zero-order chi connectivity index (χ0) is 17.1. The van der Waals surface area contributed by atoms with Gasteiger partial charge in [0.15, 0.2) is 0 Å². The number of carbonyl (C=O) groups is 1. The van der Waals surface area contributed by atoms with Crippen molar-refractivity contribution in [2.75, 3.05) is 0 Å². The quantitative estimate of drug-likeness (QED) is 0.500. The van der Waals surface area contributed by atoms with E-state index >= 15 is 0 Å². The molecule has 2 aromatic rings. The van der Waals surface area contributed by atoms with E-state index in [9.17, 15) is 4.79 Å². The first-order valence-electron chi connectivity index (χ1n) is 8.98. The third-order valence-electron chi connectivity index (χ3n) is 4.81. The van der Waals surface area contributed by atoms with Gasteiger partial charge >= 0.3 is 155 Å². The summed E-state index contributed by atoms with van der Waals surface area (Å²) >= 11 is -2.08. The van der Waals surface area contributed by atoms with Crippen LogP contribution in [0.5, 0.6) is 0 Å². The first-order valence-corrected chi connectivity index (χ1v) is 18.8. The van der Waals surface area contributed by atoms with E-state index in [1.165, 1.54) is 22.3 Å². The fourth-order valence-corrected chi connectivity index (χ4v) is 19.0. The summed E-state index contributed by atoms with van der Waals surface area (Å²) < 4.78 is 4.09. The molecule has 1 N–H and O–H groups in total. The van der Waals surface area contributed by atoms with Gasteiger partial charge in [-0.05, 0) is 0 Å². The Morgan fingerprint density at radius 2 is 1.50 bits per heavy atom. The second-order valence-corrected chi connectivity index (χ2v) is 25.6. The summed E-state index contributed by atoms with van der Waals surface area (Å²) in [5, 5.41) is 0. The Morgan fingerprint density at radius 1 is 1.00 bits per heavy atom. The third kappa shape index (κ3) is 4.90. The van der Waals surface area contributed by atoms with E-state index in [-0.39, 0.29) is 24.8 Å². The summed E-state index contributed by atoms with van der Waals surface area (Å²) in [6.07, 6.45) is 2.78. The molecule has 139 valence electrons. The predicted molar refractivity (Wildman–Crippen MR) is 100 cm³/mol. The summed E-state index contributed by atoms with van der Waals surface area (Å²) in [7, 11) is 0. The van der Waals surface area contributed by atoms with Crippen LogP contribution in [0.2, 0.25) is 13.1 Å². The summed E-state index contributed by atoms with van der Waals surface area (Å²) in [5.74, 6) is -0.581. The maximum Gasteiger partial charge on any atom is -1.00 e. The van der Waals surface area contributed by atoms with Gasteiger partial charge in [-0.3, -0.25) is 0 Å². The van der Waals surface area contributed by atoms with Gasteiger partial charge in [0.1, 0.15) is 0 Å².